The van der Waals surface area contributed by atoms with Crippen molar-refractivity contribution in [2.75, 3.05) is 13.7 Å². The summed E-state index contributed by atoms with van der Waals surface area (Å²) in [4.78, 5) is 39.1. The molecule has 0 aromatic heterocycles. The van der Waals surface area contributed by atoms with Crippen LogP contribution in [0.1, 0.15) is 39.9 Å². The lowest BCUT2D eigenvalue weighted by Gasteiger charge is -2.45. The number of primary amides is 1. The zero-order valence-electron chi connectivity index (χ0n) is 25.0. The number of hydrogen-bond donors (Lipinski definition) is 6. The van der Waals surface area contributed by atoms with E-state index in [2.05, 4.69) is 5.32 Å². The van der Waals surface area contributed by atoms with E-state index in [1.807, 2.05) is 42.5 Å². The molecule has 0 bridgehead atoms. The predicted molar refractivity (Wildman–Crippen MR) is 170 cm³/mol. The number of carbonyl (C=O) groups is 3. The summed E-state index contributed by atoms with van der Waals surface area (Å²) in [6, 6.07) is 16.5. The van der Waals surface area contributed by atoms with Gasteiger partial charge in [-0.3, -0.25) is 14.4 Å². The van der Waals surface area contributed by atoms with Gasteiger partial charge in [-0.15, -0.1) is 0 Å². The van der Waals surface area contributed by atoms with Crippen molar-refractivity contribution < 1.29 is 39.5 Å². The third kappa shape index (κ3) is 5.12. The minimum Gasteiger partial charge on any atom is -0.511 e. The highest BCUT2D eigenvalue weighted by Crippen LogP contribution is 2.52. The van der Waals surface area contributed by atoms with Gasteiger partial charge in [0.25, 0.3) is 5.91 Å². The maximum atomic E-state index is 14.0. The van der Waals surface area contributed by atoms with Crippen molar-refractivity contribution in [3.8, 4) is 22.6 Å². The smallest absolute Gasteiger partial charge is 0.255 e. The van der Waals surface area contributed by atoms with E-state index in [1.54, 1.807) is 13.2 Å². The van der Waals surface area contributed by atoms with Crippen LogP contribution in [-0.4, -0.2) is 57.2 Å². The number of Topliss-reactive ketones (excluding diaryl/α,β-unsaturated/α-hetero) is 2. The van der Waals surface area contributed by atoms with Crippen molar-refractivity contribution in [3.05, 3.63) is 105 Å². The summed E-state index contributed by atoms with van der Waals surface area (Å²) in [7, 11) is 1.54. The molecule has 238 valence electrons. The Balaban J connectivity index is 1.34. The van der Waals surface area contributed by atoms with Crippen LogP contribution in [-0.2, 0) is 29.0 Å². The fraction of sp³-hybridized carbons (Fsp3) is 0.286. The summed E-state index contributed by atoms with van der Waals surface area (Å²) in [6.45, 7) is 1.29. The SMILES string of the molecule is COc1ccc(CNCCc2ccc(Cl)cc2)cc1-c1ccc(O)c2c1C[C@H]1C[C@H]3CC(O)=C(C(N)=O)C(=O)[C@@]3(O)C(O)=C1C2=O. The van der Waals surface area contributed by atoms with Gasteiger partial charge in [0, 0.05) is 35.0 Å². The molecule has 0 fully saturated rings. The Morgan fingerprint density at radius 1 is 1.02 bits per heavy atom. The Kier molecular flexibility index (Phi) is 8.14. The highest BCUT2D eigenvalue weighted by atomic mass is 35.5. The number of rotatable bonds is 8. The summed E-state index contributed by atoms with van der Waals surface area (Å²) < 4.78 is 5.69. The summed E-state index contributed by atoms with van der Waals surface area (Å²) >= 11 is 5.98. The number of ketones is 2. The van der Waals surface area contributed by atoms with Gasteiger partial charge in [-0.05, 0) is 84.3 Å². The molecule has 0 saturated heterocycles. The Morgan fingerprint density at radius 3 is 2.43 bits per heavy atom. The van der Waals surface area contributed by atoms with Crippen LogP contribution in [0.25, 0.3) is 11.1 Å². The minimum atomic E-state index is -2.61. The lowest BCUT2D eigenvalue weighted by molar-refractivity contribution is -0.144. The lowest BCUT2D eigenvalue weighted by atomic mass is 9.60. The van der Waals surface area contributed by atoms with E-state index in [0.717, 1.165) is 24.1 Å². The number of hydrogen-bond acceptors (Lipinski definition) is 9. The fourth-order valence-corrected chi connectivity index (χ4v) is 7.19. The van der Waals surface area contributed by atoms with E-state index in [1.165, 1.54) is 6.07 Å². The zero-order valence-corrected chi connectivity index (χ0v) is 25.7. The first-order valence-corrected chi connectivity index (χ1v) is 15.3. The van der Waals surface area contributed by atoms with Gasteiger partial charge in [-0.1, -0.05) is 35.9 Å². The van der Waals surface area contributed by atoms with Crippen LogP contribution in [0.4, 0.5) is 0 Å². The number of aromatic hydroxyl groups is 1. The lowest BCUT2D eigenvalue weighted by Crippen LogP contribution is -2.57. The first kappa shape index (κ1) is 31.3. The number of fused-ring (bicyclic) bond motifs is 3. The number of nitrogens with two attached hydrogens (primary N) is 1. The monoisotopic (exact) mass is 644 g/mol. The van der Waals surface area contributed by atoms with Crippen molar-refractivity contribution in [2.45, 2.75) is 37.8 Å². The maximum absolute atomic E-state index is 14.0. The molecule has 3 aromatic rings. The predicted octanol–water partition coefficient (Wildman–Crippen LogP) is 4.24. The maximum Gasteiger partial charge on any atom is 0.255 e. The normalized spacial score (nSPS) is 22.3. The number of aliphatic hydroxyl groups is 3. The van der Waals surface area contributed by atoms with Gasteiger partial charge in [0.15, 0.2) is 11.4 Å². The number of halogens is 1. The quantitative estimate of drug-likeness (QED) is 0.154. The topological polar surface area (TPSA) is 179 Å². The third-order valence-electron chi connectivity index (χ3n) is 9.33. The molecule has 10 nitrogen and oxygen atoms in total. The molecule has 0 spiro atoms. The molecule has 11 heteroatoms. The molecule has 1 amide bonds. The van der Waals surface area contributed by atoms with Crippen LogP contribution in [0.2, 0.25) is 5.02 Å². The molecule has 46 heavy (non-hydrogen) atoms. The van der Waals surface area contributed by atoms with Crippen molar-refractivity contribution in [2.24, 2.45) is 17.6 Å². The van der Waals surface area contributed by atoms with Crippen molar-refractivity contribution >= 4 is 29.1 Å². The van der Waals surface area contributed by atoms with E-state index in [0.29, 0.717) is 34.0 Å². The number of nitrogens with one attached hydrogen (secondary N) is 1. The molecule has 3 aromatic carbocycles. The zero-order chi connectivity index (χ0) is 32.9. The average molecular weight is 645 g/mol. The number of phenols is 1. The van der Waals surface area contributed by atoms with Gasteiger partial charge in [0.1, 0.15) is 28.6 Å². The number of carbonyl (C=O) groups excluding carboxylic acids is 3. The molecule has 0 unspecified atom stereocenters. The first-order chi connectivity index (χ1) is 21.9. The molecule has 3 atom stereocenters. The number of allylic oxidation sites excluding steroid dienone is 2. The van der Waals surface area contributed by atoms with Crippen LogP contribution in [0, 0.1) is 11.8 Å². The van der Waals surface area contributed by atoms with Gasteiger partial charge < -0.3 is 36.2 Å². The summed E-state index contributed by atoms with van der Waals surface area (Å²) in [6.07, 6.45) is 0.762. The van der Waals surface area contributed by atoms with E-state index in [4.69, 9.17) is 22.1 Å². The average Bonchev–Trinajstić information content (AvgIpc) is 3.02. The largest absolute Gasteiger partial charge is 0.511 e. The Morgan fingerprint density at radius 2 is 1.74 bits per heavy atom. The first-order valence-electron chi connectivity index (χ1n) is 14.9. The Hall–Kier alpha value is -4.64. The standard InChI is InChI=1S/C35H33ClN2O8/c1-46-27-9-4-18(16-38-11-10-17-2-5-21(36)6-3-17)12-23(27)22-7-8-25(39)29-24(22)14-19-13-20-15-26(40)30(34(37)44)33(43)35(20,45)32(42)28(19)31(29)41/h2-9,12,19-20,38-40,42,45H,10-11,13-16H2,1H3,(H2,37,44)/t19-,20+,35+/m1/s1. The van der Waals surface area contributed by atoms with E-state index >= 15 is 0 Å². The molecule has 0 radical (unpaired) electrons. The van der Waals surface area contributed by atoms with Gasteiger partial charge in [0.2, 0.25) is 5.78 Å². The number of amides is 1. The molecule has 3 aliphatic carbocycles. The van der Waals surface area contributed by atoms with Gasteiger partial charge in [-0.25, -0.2) is 0 Å². The van der Waals surface area contributed by atoms with Gasteiger partial charge in [-0.2, -0.15) is 0 Å². The number of phenolic OH excluding ortho intramolecular Hbond substituents is 1. The van der Waals surface area contributed by atoms with Crippen LogP contribution < -0.4 is 15.8 Å². The van der Waals surface area contributed by atoms with Gasteiger partial charge in [0.05, 0.1) is 12.7 Å². The molecule has 3 aliphatic rings. The number of ether oxygens (including phenoxy) is 1. The molecule has 0 heterocycles. The summed E-state index contributed by atoms with van der Waals surface area (Å²) in [5.41, 5.74) is 5.61. The molecular formula is C35H33ClN2O8. The highest BCUT2D eigenvalue weighted by Gasteiger charge is 2.59. The molecule has 6 rings (SSSR count). The molecule has 7 N–H and O–H groups in total. The second-order valence-electron chi connectivity index (χ2n) is 12.0. The summed E-state index contributed by atoms with van der Waals surface area (Å²) in [5, 5.41) is 48.3. The van der Waals surface area contributed by atoms with E-state index in [-0.39, 0.29) is 36.1 Å². The Bertz CT molecular complexity index is 1850. The second kappa shape index (κ2) is 11.9. The van der Waals surface area contributed by atoms with Crippen LogP contribution in [0.3, 0.4) is 0 Å². The van der Waals surface area contributed by atoms with E-state index in [9.17, 15) is 34.8 Å². The Labute approximate surface area is 269 Å². The van der Waals surface area contributed by atoms with Crippen molar-refractivity contribution in [3.63, 3.8) is 0 Å². The number of aliphatic hydroxyl groups excluding tert-OH is 2. The second-order valence-corrected chi connectivity index (χ2v) is 12.4. The fourth-order valence-electron chi connectivity index (χ4n) is 7.06. The minimum absolute atomic E-state index is 0.0483. The molecule has 0 saturated carbocycles. The van der Waals surface area contributed by atoms with Crippen LogP contribution >= 0.6 is 11.6 Å². The van der Waals surface area contributed by atoms with E-state index < -0.39 is 52.0 Å². The van der Waals surface area contributed by atoms with Crippen LogP contribution in [0.15, 0.2) is 77.3 Å². The van der Waals surface area contributed by atoms with Gasteiger partial charge >= 0.3 is 0 Å². The van der Waals surface area contributed by atoms with Crippen LogP contribution in [0.5, 0.6) is 11.5 Å². The third-order valence-corrected chi connectivity index (χ3v) is 9.58. The highest BCUT2D eigenvalue weighted by molar-refractivity contribution is 6.30. The number of benzene rings is 3. The van der Waals surface area contributed by atoms with Crippen molar-refractivity contribution in [1.82, 2.24) is 5.32 Å². The molecule has 0 aliphatic heterocycles. The van der Waals surface area contributed by atoms with Crippen molar-refractivity contribution in [1.29, 1.82) is 0 Å². The summed E-state index contributed by atoms with van der Waals surface area (Å²) in [5.74, 6) is -6.10. The number of methoxy groups -OCH3 is 1. The molecular weight excluding hydrogens is 612 g/mol.